The van der Waals surface area contributed by atoms with Gasteiger partial charge >= 0.3 is 0 Å². The molecule has 0 aliphatic heterocycles. The van der Waals surface area contributed by atoms with Crippen molar-refractivity contribution in [2.45, 2.75) is 65.0 Å². The van der Waals surface area contributed by atoms with Crippen LogP contribution in [0.2, 0.25) is 0 Å². The second-order valence-corrected chi connectivity index (χ2v) is 8.36. The maximum atomic E-state index is 13.0. The monoisotopic (exact) mass is 417 g/mol. The molecule has 1 heterocycles. The van der Waals surface area contributed by atoms with Crippen molar-refractivity contribution in [3.8, 4) is 6.07 Å². The average Bonchev–Trinajstić information content (AvgIpc) is 2.75. The molecule has 6 heteroatoms. The molecule has 3 rings (SSSR count). The van der Waals surface area contributed by atoms with Crippen molar-refractivity contribution in [3.63, 3.8) is 0 Å². The highest BCUT2D eigenvalue weighted by atomic mass is 16.1. The standard InChI is InChI=1S/C25H31N5O/c1-5-30(23-12-11-19(15-26)13-18(23)4)24-14-22(28-17(2)3)21(16-27-24)25(31)29-20-9-7-6-8-10-20/h5,11-14,16-17,20H,1,6-10H2,2-4H3,(H,27,28)(H,29,31). The summed E-state index contributed by atoms with van der Waals surface area (Å²) in [7, 11) is 0. The zero-order valence-corrected chi connectivity index (χ0v) is 18.6. The Labute approximate surface area is 185 Å². The van der Waals surface area contributed by atoms with E-state index in [0.717, 1.165) is 42.6 Å². The van der Waals surface area contributed by atoms with Crippen LogP contribution in [-0.2, 0) is 0 Å². The number of carbonyl (C=O) groups excluding carboxylic acids is 1. The molecular weight excluding hydrogens is 386 g/mol. The highest BCUT2D eigenvalue weighted by molar-refractivity contribution is 6.00. The molecule has 1 aliphatic rings. The number of hydrogen-bond acceptors (Lipinski definition) is 5. The number of aromatic nitrogens is 1. The van der Waals surface area contributed by atoms with Gasteiger partial charge in [-0.05, 0) is 57.4 Å². The molecule has 0 spiro atoms. The van der Waals surface area contributed by atoms with Gasteiger partial charge in [0.1, 0.15) is 5.82 Å². The Morgan fingerprint density at radius 2 is 2.03 bits per heavy atom. The molecule has 6 nitrogen and oxygen atoms in total. The number of aryl methyl sites for hydroxylation is 1. The number of pyridine rings is 1. The second kappa shape index (κ2) is 10.1. The van der Waals surface area contributed by atoms with Crippen molar-refractivity contribution in [3.05, 3.63) is 59.9 Å². The van der Waals surface area contributed by atoms with Gasteiger partial charge in [0.15, 0.2) is 0 Å². The van der Waals surface area contributed by atoms with Crippen LogP contribution < -0.4 is 15.5 Å². The summed E-state index contributed by atoms with van der Waals surface area (Å²) in [6.07, 6.45) is 8.97. The molecule has 1 aliphatic carbocycles. The van der Waals surface area contributed by atoms with E-state index in [1.54, 1.807) is 18.5 Å². The predicted octanol–water partition coefficient (Wildman–Crippen LogP) is 5.43. The number of nitrogens with one attached hydrogen (secondary N) is 2. The molecule has 1 saturated carbocycles. The summed E-state index contributed by atoms with van der Waals surface area (Å²) in [5.74, 6) is 0.564. The fourth-order valence-corrected chi connectivity index (χ4v) is 4.01. The summed E-state index contributed by atoms with van der Waals surface area (Å²) in [4.78, 5) is 19.5. The Bertz CT molecular complexity index is 986. The third kappa shape index (κ3) is 5.43. The van der Waals surface area contributed by atoms with E-state index >= 15 is 0 Å². The van der Waals surface area contributed by atoms with Crippen LogP contribution in [0.4, 0.5) is 17.2 Å². The predicted molar refractivity (Wildman–Crippen MR) is 126 cm³/mol. The first-order valence-corrected chi connectivity index (χ1v) is 10.9. The summed E-state index contributed by atoms with van der Waals surface area (Å²) in [6, 6.07) is 9.94. The third-order valence-corrected chi connectivity index (χ3v) is 5.53. The van der Waals surface area contributed by atoms with Crippen LogP contribution in [0.3, 0.4) is 0 Å². The summed E-state index contributed by atoms with van der Waals surface area (Å²) in [5.41, 5.74) is 3.72. The summed E-state index contributed by atoms with van der Waals surface area (Å²) in [5, 5.41) is 15.7. The van der Waals surface area contributed by atoms with Crippen molar-refractivity contribution in [2.24, 2.45) is 0 Å². The van der Waals surface area contributed by atoms with E-state index in [1.807, 2.05) is 43.9 Å². The highest BCUT2D eigenvalue weighted by Crippen LogP contribution is 2.31. The lowest BCUT2D eigenvalue weighted by molar-refractivity contribution is 0.0928. The number of benzene rings is 1. The number of hydrogen-bond donors (Lipinski definition) is 2. The van der Waals surface area contributed by atoms with E-state index < -0.39 is 0 Å². The number of anilines is 3. The van der Waals surface area contributed by atoms with Gasteiger partial charge in [-0.2, -0.15) is 5.26 Å². The van der Waals surface area contributed by atoms with Gasteiger partial charge in [0.05, 0.1) is 22.9 Å². The van der Waals surface area contributed by atoms with Crippen LogP contribution in [0, 0.1) is 18.3 Å². The van der Waals surface area contributed by atoms with E-state index in [9.17, 15) is 4.79 Å². The van der Waals surface area contributed by atoms with E-state index in [2.05, 4.69) is 28.3 Å². The van der Waals surface area contributed by atoms with Gasteiger partial charge in [0.2, 0.25) is 0 Å². The van der Waals surface area contributed by atoms with Crippen LogP contribution in [0.1, 0.15) is 67.4 Å². The van der Waals surface area contributed by atoms with E-state index in [-0.39, 0.29) is 18.0 Å². The molecule has 2 aromatic rings. The third-order valence-electron chi connectivity index (χ3n) is 5.53. The number of rotatable bonds is 7. The van der Waals surface area contributed by atoms with Gasteiger partial charge < -0.3 is 15.5 Å². The molecule has 0 saturated heterocycles. The zero-order chi connectivity index (χ0) is 22.4. The highest BCUT2D eigenvalue weighted by Gasteiger charge is 2.21. The van der Waals surface area contributed by atoms with Gasteiger partial charge in [-0.1, -0.05) is 25.8 Å². The lowest BCUT2D eigenvalue weighted by atomic mass is 9.95. The first kappa shape index (κ1) is 22.4. The molecule has 1 aromatic heterocycles. The molecule has 0 bridgehead atoms. The molecule has 2 N–H and O–H groups in total. The summed E-state index contributed by atoms with van der Waals surface area (Å²) < 4.78 is 0. The molecule has 1 fully saturated rings. The van der Waals surface area contributed by atoms with Crippen LogP contribution in [0.5, 0.6) is 0 Å². The molecule has 1 amide bonds. The maximum Gasteiger partial charge on any atom is 0.255 e. The van der Waals surface area contributed by atoms with Crippen molar-refractivity contribution in [1.82, 2.24) is 10.3 Å². The lowest BCUT2D eigenvalue weighted by Crippen LogP contribution is -2.36. The molecule has 0 radical (unpaired) electrons. The molecule has 162 valence electrons. The van der Waals surface area contributed by atoms with Crippen LogP contribution in [0.25, 0.3) is 0 Å². The Kier molecular flexibility index (Phi) is 7.30. The minimum Gasteiger partial charge on any atom is -0.382 e. The normalized spacial score (nSPS) is 14.0. The number of nitriles is 1. The fourth-order valence-electron chi connectivity index (χ4n) is 4.01. The lowest BCUT2D eigenvalue weighted by Gasteiger charge is -2.25. The average molecular weight is 418 g/mol. The maximum absolute atomic E-state index is 13.0. The smallest absolute Gasteiger partial charge is 0.255 e. The Hall–Kier alpha value is -3.33. The van der Waals surface area contributed by atoms with Crippen LogP contribution in [-0.4, -0.2) is 23.0 Å². The van der Waals surface area contributed by atoms with Gasteiger partial charge in [0, 0.05) is 36.2 Å². The molecule has 0 atom stereocenters. The van der Waals surface area contributed by atoms with Gasteiger partial charge in [-0.15, -0.1) is 0 Å². The molecule has 1 aromatic carbocycles. The van der Waals surface area contributed by atoms with Crippen molar-refractivity contribution in [1.29, 1.82) is 5.26 Å². The number of carbonyl (C=O) groups is 1. The zero-order valence-electron chi connectivity index (χ0n) is 18.6. The van der Waals surface area contributed by atoms with Crippen molar-refractivity contribution in [2.75, 3.05) is 10.2 Å². The second-order valence-electron chi connectivity index (χ2n) is 8.36. The van der Waals surface area contributed by atoms with E-state index in [0.29, 0.717) is 16.9 Å². The van der Waals surface area contributed by atoms with Gasteiger partial charge in [0.25, 0.3) is 5.91 Å². The SMILES string of the molecule is C=CN(c1cc(NC(C)C)c(C(=O)NC2CCCCC2)cn1)c1ccc(C#N)cc1C. The Balaban J connectivity index is 1.93. The topological polar surface area (TPSA) is 81.1 Å². The number of amides is 1. The minimum atomic E-state index is -0.0891. The first-order valence-electron chi connectivity index (χ1n) is 10.9. The molecule has 31 heavy (non-hydrogen) atoms. The Morgan fingerprint density at radius 3 is 2.65 bits per heavy atom. The van der Waals surface area contributed by atoms with Crippen molar-refractivity contribution >= 4 is 23.1 Å². The van der Waals surface area contributed by atoms with E-state index in [1.165, 1.54) is 6.42 Å². The van der Waals surface area contributed by atoms with Crippen LogP contribution >= 0.6 is 0 Å². The quantitative estimate of drug-likeness (QED) is 0.628. The van der Waals surface area contributed by atoms with Crippen molar-refractivity contribution < 1.29 is 4.79 Å². The first-order chi connectivity index (χ1) is 14.9. The molecular formula is C25H31N5O. The summed E-state index contributed by atoms with van der Waals surface area (Å²) >= 11 is 0. The Morgan fingerprint density at radius 1 is 1.29 bits per heavy atom. The summed E-state index contributed by atoms with van der Waals surface area (Å²) in [6.45, 7) is 9.98. The largest absolute Gasteiger partial charge is 0.382 e. The van der Waals surface area contributed by atoms with Crippen LogP contribution in [0.15, 0.2) is 43.2 Å². The minimum absolute atomic E-state index is 0.0891. The molecule has 0 unspecified atom stereocenters. The fraction of sp³-hybridized carbons (Fsp3) is 0.400. The van der Waals surface area contributed by atoms with E-state index in [4.69, 9.17) is 5.26 Å². The van der Waals surface area contributed by atoms with Gasteiger partial charge in [-0.3, -0.25) is 4.79 Å². The van der Waals surface area contributed by atoms with Gasteiger partial charge in [-0.25, -0.2) is 4.98 Å². The number of nitrogens with zero attached hydrogens (tertiary/aromatic N) is 3.